The van der Waals surface area contributed by atoms with Crippen molar-refractivity contribution >= 4 is 16.9 Å². The molecule has 0 unspecified atom stereocenters. The molecule has 1 heterocycles. The van der Waals surface area contributed by atoms with Crippen LogP contribution < -0.4 is 0 Å². The number of rotatable bonds is 3. The SMILES string of the molecule is C#CCCc1c(C(=O)O)oc2cccc(C)c12. The van der Waals surface area contributed by atoms with E-state index in [4.69, 9.17) is 15.9 Å². The second kappa shape index (κ2) is 4.34. The Morgan fingerprint density at radius 2 is 2.29 bits per heavy atom. The molecule has 0 aliphatic rings. The van der Waals surface area contributed by atoms with Gasteiger partial charge in [0.2, 0.25) is 5.76 Å². The van der Waals surface area contributed by atoms with E-state index in [1.807, 2.05) is 19.1 Å². The Morgan fingerprint density at radius 3 is 2.94 bits per heavy atom. The molecule has 0 bridgehead atoms. The van der Waals surface area contributed by atoms with Crippen molar-refractivity contribution in [2.45, 2.75) is 19.8 Å². The predicted molar refractivity (Wildman–Crippen MR) is 65.1 cm³/mol. The quantitative estimate of drug-likeness (QED) is 0.821. The molecular formula is C14H12O3. The van der Waals surface area contributed by atoms with Gasteiger partial charge >= 0.3 is 5.97 Å². The van der Waals surface area contributed by atoms with Gasteiger partial charge in [0.05, 0.1) is 0 Å². The first-order valence-corrected chi connectivity index (χ1v) is 5.33. The van der Waals surface area contributed by atoms with Crippen molar-refractivity contribution in [2.75, 3.05) is 0 Å². The lowest BCUT2D eigenvalue weighted by atomic mass is 10.0. The first-order valence-electron chi connectivity index (χ1n) is 5.33. The number of furan rings is 1. The van der Waals surface area contributed by atoms with Gasteiger partial charge in [0, 0.05) is 17.4 Å². The van der Waals surface area contributed by atoms with Crippen LogP contribution in [0.25, 0.3) is 11.0 Å². The van der Waals surface area contributed by atoms with Gasteiger partial charge in [-0.3, -0.25) is 0 Å². The van der Waals surface area contributed by atoms with Gasteiger partial charge in [-0.05, 0) is 25.0 Å². The molecule has 2 rings (SSSR count). The number of hydrogen-bond donors (Lipinski definition) is 1. The fourth-order valence-corrected chi connectivity index (χ4v) is 2.01. The summed E-state index contributed by atoms with van der Waals surface area (Å²) in [6, 6.07) is 5.55. The van der Waals surface area contributed by atoms with Crippen LogP contribution in [0.15, 0.2) is 22.6 Å². The number of aryl methyl sites for hydroxylation is 2. The van der Waals surface area contributed by atoms with E-state index in [2.05, 4.69) is 5.92 Å². The van der Waals surface area contributed by atoms with Gasteiger partial charge in [-0.2, -0.15) is 0 Å². The van der Waals surface area contributed by atoms with Gasteiger partial charge in [-0.1, -0.05) is 12.1 Å². The lowest BCUT2D eigenvalue weighted by molar-refractivity contribution is 0.0663. The molecule has 0 spiro atoms. The summed E-state index contributed by atoms with van der Waals surface area (Å²) in [5, 5.41) is 9.99. The van der Waals surface area contributed by atoms with Crippen LogP contribution in [0, 0.1) is 19.3 Å². The number of carboxylic acid groups (broad SMARTS) is 1. The van der Waals surface area contributed by atoms with E-state index < -0.39 is 5.97 Å². The molecule has 1 N–H and O–H groups in total. The number of aromatic carboxylic acids is 1. The average molecular weight is 228 g/mol. The summed E-state index contributed by atoms with van der Waals surface area (Å²) in [4.78, 5) is 11.1. The molecule has 17 heavy (non-hydrogen) atoms. The largest absolute Gasteiger partial charge is 0.475 e. The average Bonchev–Trinajstić information content (AvgIpc) is 2.66. The molecule has 0 saturated carbocycles. The molecule has 0 fully saturated rings. The summed E-state index contributed by atoms with van der Waals surface area (Å²) in [5.74, 6) is 1.48. The van der Waals surface area contributed by atoms with E-state index >= 15 is 0 Å². The first kappa shape index (κ1) is 11.3. The fraction of sp³-hybridized carbons (Fsp3) is 0.214. The molecule has 0 aliphatic heterocycles. The van der Waals surface area contributed by atoms with Crippen molar-refractivity contribution < 1.29 is 14.3 Å². The van der Waals surface area contributed by atoms with Crippen molar-refractivity contribution in [2.24, 2.45) is 0 Å². The smallest absolute Gasteiger partial charge is 0.372 e. The van der Waals surface area contributed by atoms with E-state index in [1.54, 1.807) is 6.07 Å². The maximum atomic E-state index is 11.1. The van der Waals surface area contributed by atoms with Crippen LogP contribution in [0.5, 0.6) is 0 Å². The Balaban J connectivity index is 2.70. The maximum absolute atomic E-state index is 11.1. The van der Waals surface area contributed by atoms with Crippen LogP contribution >= 0.6 is 0 Å². The molecule has 0 radical (unpaired) electrons. The Hall–Kier alpha value is -2.21. The zero-order valence-electron chi connectivity index (χ0n) is 9.49. The number of hydrogen-bond acceptors (Lipinski definition) is 2. The molecule has 3 heteroatoms. The van der Waals surface area contributed by atoms with E-state index in [0.717, 1.165) is 10.9 Å². The Morgan fingerprint density at radius 1 is 1.53 bits per heavy atom. The molecule has 0 aliphatic carbocycles. The van der Waals surface area contributed by atoms with Gasteiger partial charge in [0.15, 0.2) is 0 Å². The van der Waals surface area contributed by atoms with Crippen molar-refractivity contribution in [1.29, 1.82) is 0 Å². The Labute approximate surface area is 99.1 Å². The topological polar surface area (TPSA) is 50.4 Å². The van der Waals surface area contributed by atoms with Crippen LogP contribution in [-0.4, -0.2) is 11.1 Å². The number of carboxylic acids is 1. The molecular weight excluding hydrogens is 216 g/mol. The van der Waals surface area contributed by atoms with E-state index in [9.17, 15) is 4.79 Å². The summed E-state index contributed by atoms with van der Waals surface area (Å²) >= 11 is 0. The molecule has 0 saturated heterocycles. The molecule has 86 valence electrons. The standard InChI is InChI=1S/C14H12O3/c1-3-4-7-10-12-9(2)6-5-8-11(12)17-13(10)14(15)16/h1,5-6,8H,4,7H2,2H3,(H,15,16). The Kier molecular flexibility index (Phi) is 2.88. The highest BCUT2D eigenvalue weighted by Crippen LogP contribution is 2.29. The monoisotopic (exact) mass is 228 g/mol. The predicted octanol–water partition coefficient (Wildman–Crippen LogP) is 3.01. The number of benzene rings is 1. The molecule has 3 nitrogen and oxygen atoms in total. The second-order valence-corrected chi connectivity index (χ2v) is 3.87. The van der Waals surface area contributed by atoms with E-state index in [0.29, 0.717) is 24.0 Å². The minimum Gasteiger partial charge on any atom is -0.475 e. The van der Waals surface area contributed by atoms with Gasteiger partial charge < -0.3 is 9.52 Å². The first-order chi connectivity index (χ1) is 8.15. The van der Waals surface area contributed by atoms with Gasteiger partial charge in [-0.15, -0.1) is 12.3 Å². The highest BCUT2D eigenvalue weighted by atomic mass is 16.4. The maximum Gasteiger partial charge on any atom is 0.372 e. The normalized spacial score (nSPS) is 10.4. The van der Waals surface area contributed by atoms with Crippen molar-refractivity contribution in [3.63, 3.8) is 0 Å². The lowest BCUT2D eigenvalue weighted by Crippen LogP contribution is -1.99. The van der Waals surface area contributed by atoms with Crippen molar-refractivity contribution in [3.8, 4) is 12.3 Å². The number of carbonyl (C=O) groups is 1. The van der Waals surface area contributed by atoms with Crippen molar-refractivity contribution in [1.82, 2.24) is 0 Å². The minimum atomic E-state index is -1.05. The zero-order valence-corrected chi connectivity index (χ0v) is 9.49. The van der Waals surface area contributed by atoms with Gasteiger partial charge in [0.25, 0.3) is 0 Å². The zero-order chi connectivity index (χ0) is 12.4. The summed E-state index contributed by atoms with van der Waals surface area (Å²) in [6.07, 6.45) is 6.25. The molecule has 1 aromatic heterocycles. The second-order valence-electron chi connectivity index (χ2n) is 3.87. The number of fused-ring (bicyclic) bond motifs is 1. The lowest BCUT2D eigenvalue weighted by Gasteiger charge is -1.99. The third-order valence-electron chi connectivity index (χ3n) is 2.74. The summed E-state index contributed by atoms with van der Waals surface area (Å²) < 4.78 is 5.37. The molecule has 0 atom stereocenters. The van der Waals surface area contributed by atoms with Crippen LogP contribution in [-0.2, 0) is 6.42 Å². The highest BCUT2D eigenvalue weighted by Gasteiger charge is 2.20. The Bertz CT molecular complexity index is 614. The fourth-order valence-electron chi connectivity index (χ4n) is 2.01. The van der Waals surface area contributed by atoms with Crippen molar-refractivity contribution in [3.05, 3.63) is 35.1 Å². The third kappa shape index (κ3) is 1.90. The van der Waals surface area contributed by atoms with Gasteiger partial charge in [-0.25, -0.2) is 4.79 Å². The molecule has 1 aromatic carbocycles. The summed E-state index contributed by atoms with van der Waals surface area (Å²) in [6.45, 7) is 1.93. The van der Waals surface area contributed by atoms with E-state index in [-0.39, 0.29) is 5.76 Å². The highest BCUT2D eigenvalue weighted by molar-refractivity contribution is 5.96. The van der Waals surface area contributed by atoms with Crippen LogP contribution in [0.1, 0.15) is 28.1 Å². The van der Waals surface area contributed by atoms with E-state index in [1.165, 1.54) is 0 Å². The summed E-state index contributed by atoms with van der Waals surface area (Å²) in [7, 11) is 0. The van der Waals surface area contributed by atoms with Gasteiger partial charge in [0.1, 0.15) is 5.58 Å². The molecule has 2 aromatic rings. The van der Waals surface area contributed by atoms with Crippen LogP contribution in [0.3, 0.4) is 0 Å². The van der Waals surface area contributed by atoms with Crippen LogP contribution in [0.4, 0.5) is 0 Å². The molecule has 0 amide bonds. The summed E-state index contributed by atoms with van der Waals surface area (Å²) in [5.41, 5.74) is 2.31. The van der Waals surface area contributed by atoms with Crippen LogP contribution in [0.2, 0.25) is 0 Å². The number of terminal acetylenes is 1. The minimum absolute atomic E-state index is 0.00421. The third-order valence-corrected chi connectivity index (χ3v) is 2.74.